The molecular formula is C20H22N2O. The Labute approximate surface area is 137 Å². The second kappa shape index (κ2) is 6.80. The summed E-state index contributed by atoms with van der Waals surface area (Å²) >= 11 is 0. The van der Waals surface area contributed by atoms with Gasteiger partial charge in [-0.15, -0.1) is 0 Å². The van der Waals surface area contributed by atoms with Crippen molar-refractivity contribution in [2.45, 2.75) is 26.9 Å². The van der Waals surface area contributed by atoms with Crippen molar-refractivity contribution < 1.29 is 5.11 Å². The first-order chi connectivity index (χ1) is 11.2. The van der Waals surface area contributed by atoms with Crippen LogP contribution in [0.5, 0.6) is 0 Å². The van der Waals surface area contributed by atoms with Crippen molar-refractivity contribution in [1.29, 1.82) is 0 Å². The van der Waals surface area contributed by atoms with Gasteiger partial charge in [0.15, 0.2) is 0 Å². The number of hydrogen-bond donors (Lipinski definition) is 1. The Hall–Kier alpha value is -2.39. The lowest BCUT2D eigenvalue weighted by Crippen LogP contribution is -1.95. The normalized spacial score (nSPS) is 11.1. The summed E-state index contributed by atoms with van der Waals surface area (Å²) in [5.74, 6) is 0.645. The van der Waals surface area contributed by atoms with Crippen molar-refractivity contribution in [3.8, 4) is 16.9 Å². The Bertz CT molecular complexity index is 758. The van der Waals surface area contributed by atoms with Gasteiger partial charge in [-0.1, -0.05) is 56.3 Å². The van der Waals surface area contributed by atoms with Crippen LogP contribution in [0.15, 0.2) is 60.8 Å². The van der Waals surface area contributed by atoms with Crippen LogP contribution in [0.3, 0.4) is 0 Å². The van der Waals surface area contributed by atoms with Gasteiger partial charge >= 0.3 is 0 Å². The second-order valence-electron chi connectivity index (χ2n) is 6.24. The smallest absolute Gasteiger partial charge is 0.0982 e. The van der Waals surface area contributed by atoms with Crippen LogP contribution in [0, 0.1) is 5.92 Å². The fourth-order valence-corrected chi connectivity index (χ4v) is 2.75. The van der Waals surface area contributed by atoms with Gasteiger partial charge < -0.3 is 5.11 Å². The fourth-order valence-electron chi connectivity index (χ4n) is 2.75. The van der Waals surface area contributed by atoms with E-state index in [1.807, 2.05) is 41.2 Å². The van der Waals surface area contributed by atoms with Gasteiger partial charge in [0.25, 0.3) is 0 Å². The van der Waals surface area contributed by atoms with Gasteiger partial charge in [-0.05, 0) is 30.0 Å². The van der Waals surface area contributed by atoms with E-state index in [1.54, 1.807) is 0 Å². The molecule has 3 nitrogen and oxygen atoms in total. The molecule has 3 aromatic rings. The molecule has 0 atom stereocenters. The summed E-state index contributed by atoms with van der Waals surface area (Å²) in [5.41, 5.74) is 5.04. The standard InChI is InChI=1S/C20H22N2O/c1-15(2)12-16-8-10-17(11-9-16)20-18(14-23)13-22(21-20)19-6-4-3-5-7-19/h3-11,13,15,23H,12,14H2,1-2H3. The number of para-hydroxylation sites is 1. The van der Waals surface area contributed by atoms with Gasteiger partial charge in [-0.3, -0.25) is 0 Å². The van der Waals surface area contributed by atoms with Crippen molar-refractivity contribution >= 4 is 0 Å². The third-order valence-corrected chi connectivity index (χ3v) is 3.85. The molecule has 1 N–H and O–H groups in total. The van der Waals surface area contributed by atoms with Crippen LogP contribution in [-0.2, 0) is 13.0 Å². The van der Waals surface area contributed by atoms with Gasteiger partial charge in [0.1, 0.15) is 0 Å². The Morgan fingerprint density at radius 2 is 1.70 bits per heavy atom. The summed E-state index contributed by atoms with van der Waals surface area (Å²) < 4.78 is 1.82. The predicted octanol–water partition coefficient (Wildman–Crippen LogP) is 4.23. The molecule has 0 radical (unpaired) electrons. The molecule has 0 unspecified atom stereocenters. The van der Waals surface area contributed by atoms with Crippen molar-refractivity contribution in [3.05, 3.63) is 71.9 Å². The van der Waals surface area contributed by atoms with Crippen molar-refractivity contribution in [3.63, 3.8) is 0 Å². The van der Waals surface area contributed by atoms with E-state index in [9.17, 15) is 5.11 Å². The highest BCUT2D eigenvalue weighted by Crippen LogP contribution is 2.24. The summed E-state index contributed by atoms with van der Waals surface area (Å²) in [4.78, 5) is 0. The minimum absolute atomic E-state index is 0.0179. The molecular weight excluding hydrogens is 284 g/mol. The van der Waals surface area contributed by atoms with Crippen LogP contribution in [0.25, 0.3) is 16.9 Å². The SMILES string of the molecule is CC(C)Cc1ccc(-c2nn(-c3ccccc3)cc2CO)cc1. The predicted molar refractivity (Wildman–Crippen MR) is 93.5 cm³/mol. The van der Waals surface area contributed by atoms with E-state index in [1.165, 1.54) is 5.56 Å². The maximum absolute atomic E-state index is 9.66. The molecule has 3 heteroatoms. The third-order valence-electron chi connectivity index (χ3n) is 3.85. The maximum Gasteiger partial charge on any atom is 0.0982 e. The summed E-state index contributed by atoms with van der Waals surface area (Å²) in [7, 11) is 0. The number of hydrogen-bond acceptors (Lipinski definition) is 2. The minimum Gasteiger partial charge on any atom is -0.392 e. The average molecular weight is 306 g/mol. The Morgan fingerprint density at radius 3 is 2.30 bits per heavy atom. The molecule has 0 aliphatic rings. The Morgan fingerprint density at radius 1 is 1.00 bits per heavy atom. The first-order valence-electron chi connectivity index (χ1n) is 8.01. The molecule has 0 aliphatic carbocycles. The van der Waals surface area contributed by atoms with E-state index in [2.05, 4.69) is 43.2 Å². The highest BCUT2D eigenvalue weighted by atomic mass is 16.3. The fraction of sp³-hybridized carbons (Fsp3) is 0.250. The van der Waals surface area contributed by atoms with Crippen LogP contribution in [-0.4, -0.2) is 14.9 Å². The second-order valence-corrected chi connectivity index (χ2v) is 6.24. The molecule has 0 amide bonds. The quantitative estimate of drug-likeness (QED) is 0.766. The van der Waals surface area contributed by atoms with Gasteiger partial charge in [-0.2, -0.15) is 5.10 Å². The van der Waals surface area contributed by atoms with Gasteiger partial charge in [0.2, 0.25) is 0 Å². The lowest BCUT2D eigenvalue weighted by molar-refractivity contribution is 0.282. The molecule has 0 bridgehead atoms. The minimum atomic E-state index is -0.0179. The van der Waals surface area contributed by atoms with E-state index in [-0.39, 0.29) is 6.61 Å². The summed E-state index contributed by atoms with van der Waals surface area (Å²) in [5, 5.41) is 14.3. The van der Waals surface area contributed by atoms with Gasteiger partial charge in [-0.25, -0.2) is 4.68 Å². The topological polar surface area (TPSA) is 38.0 Å². The lowest BCUT2D eigenvalue weighted by atomic mass is 10.0. The summed E-state index contributed by atoms with van der Waals surface area (Å²) in [6.45, 7) is 4.43. The summed E-state index contributed by atoms with van der Waals surface area (Å²) in [6, 6.07) is 18.4. The zero-order chi connectivity index (χ0) is 16.2. The van der Waals surface area contributed by atoms with Crippen LogP contribution in [0.1, 0.15) is 25.0 Å². The number of aliphatic hydroxyl groups is 1. The van der Waals surface area contributed by atoms with Crippen molar-refractivity contribution in [1.82, 2.24) is 9.78 Å². The molecule has 23 heavy (non-hydrogen) atoms. The Kier molecular flexibility index (Phi) is 4.58. The van der Waals surface area contributed by atoms with E-state index in [4.69, 9.17) is 0 Å². The highest BCUT2D eigenvalue weighted by molar-refractivity contribution is 5.63. The van der Waals surface area contributed by atoms with Crippen LogP contribution in [0.2, 0.25) is 0 Å². The van der Waals surface area contributed by atoms with Crippen LogP contribution < -0.4 is 0 Å². The molecule has 0 saturated heterocycles. The number of nitrogens with zero attached hydrogens (tertiary/aromatic N) is 2. The Balaban J connectivity index is 1.94. The number of rotatable bonds is 5. The molecule has 0 saturated carbocycles. The monoisotopic (exact) mass is 306 g/mol. The van der Waals surface area contributed by atoms with Crippen molar-refractivity contribution in [2.24, 2.45) is 5.92 Å². The van der Waals surface area contributed by atoms with E-state index < -0.39 is 0 Å². The van der Waals surface area contributed by atoms with Crippen LogP contribution in [0.4, 0.5) is 0 Å². The molecule has 118 valence electrons. The van der Waals surface area contributed by atoms with E-state index in [0.717, 1.165) is 28.9 Å². The molecule has 3 rings (SSSR count). The lowest BCUT2D eigenvalue weighted by Gasteiger charge is -2.06. The van der Waals surface area contributed by atoms with Gasteiger partial charge in [0, 0.05) is 17.3 Å². The van der Waals surface area contributed by atoms with E-state index >= 15 is 0 Å². The number of benzene rings is 2. The van der Waals surface area contributed by atoms with Crippen LogP contribution >= 0.6 is 0 Å². The molecule has 1 aromatic heterocycles. The largest absolute Gasteiger partial charge is 0.392 e. The van der Waals surface area contributed by atoms with E-state index in [0.29, 0.717) is 5.92 Å². The first-order valence-corrected chi connectivity index (χ1v) is 8.01. The number of aromatic nitrogens is 2. The van der Waals surface area contributed by atoms with Crippen molar-refractivity contribution in [2.75, 3.05) is 0 Å². The molecule has 0 spiro atoms. The maximum atomic E-state index is 9.66. The average Bonchev–Trinajstić information content (AvgIpc) is 3.00. The molecule has 2 aromatic carbocycles. The molecule has 0 fully saturated rings. The highest BCUT2D eigenvalue weighted by Gasteiger charge is 2.11. The third kappa shape index (κ3) is 3.51. The summed E-state index contributed by atoms with van der Waals surface area (Å²) in [6.07, 6.45) is 2.97. The molecule has 0 aliphatic heterocycles. The van der Waals surface area contributed by atoms with Gasteiger partial charge in [0.05, 0.1) is 18.0 Å². The molecule has 1 heterocycles. The first kappa shape index (κ1) is 15.5. The zero-order valence-corrected chi connectivity index (χ0v) is 13.6. The zero-order valence-electron chi connectivity index (χ0n) is 13.6. The number of aliphatic hydroxyl groups excluding tert-OH is 1.